The average Bonchev–Trinajstić information content (AvgIpc) is 2.77. The largest absolute Gasteiger partial charge is 0.449 e. The van der Waals surface area contributed by atoms with Crippen molar-refractivity contribution in [1.29, 1.82) is 0 Å². The Balaban J connectivity index is 1.50. The van der Waals surface area contributed by atoms with Crippen molar-refractivity contribution in [2.45, 2.75) is 6.42 Å². The van der Waals surface area contributed by atoms with Gasteiger partial charge in [-0.3, -0.25) is 14.5 Å². The SMILES string of the molecule is O=C(CN1C(=O)C(=Cc2cccc(F)c2)Oc2ccccc21)NCCc1ccccc1. The van der Waals surface area contributed by atoms with Crippen molar-refractivity contribution in [2.75, 3.05) is 18.0 Å². The van der Waals surface area contributed by atoms with Gasteiger partial charge in [-0.2, -0.15) is 0 Å². The fraction of sp³-hybridized carbons (Fsp3) is 0.120. The molecule has 31 heavy (non-hydrogen) atoms. The summed E-state index contributed by atoms with van der Waals surface area (Å²) >= 11 is 0. The summed E-state index contributed by atoms with van der Waals surface area (Å²) in [7, 11) is 0. The highest BCUT2D eigenvalue weighted by molar-refractivity contribution is 6.12. The topological polar surface area (TPSA) is 58.6 Å². The number of fused-ring (bicyclic) bond motifs is 1. The monoisotopic (exact) mass is 416 g/mol. The fourth-order valence-corrected chi connectivity index (χ4v) is 3.36. The summed E-state index contributed by atoms with van der Waals surface area (Å²) in [6.45, 7) is 0.323. The van der Waals surface area contributed by atoms with Gasteiger partial charge >= 0.3 is 0 Å². The number of benzene rings is 3. The van der Waals surface area contributed by atoms with Crippen molar-refractivity contribution in [3.63, 3.8) is 0 Å². The summed E-state index contributed by atoms with van der Waals surface area (Å²) in [5, 5.41) is 2.86. The Bertz CT molecular complexity index is 1130. The minimum absolute atomic E-state index is 0.0291. The standard InChI is InChI=1S/C25H21FN2O3/c26-20-10-6-9-19(15-20)16-23-25(30)28(21-11-4-5-12-22(21)31-23)17-24(29)27-14-13-18-7-2-1-3-8-18/h1-12,15-16H,13-14,17H2,(H,27,29). The number of hydrogen-bond donors (Lipinski definition) is 1. The van der Waals surface area contributed by atoms with Crippen LogP contribution in [0.25, 0.3) is 6.08 Å². The van der Waals surface area contributed by atoms with Gasteiger partial charge in [0.05, 0.1) is 5.69 Å². The van der Waals surface area contributed by atoms with Gasteiger partial charge < -0.3 is 10.1 Å². The number of ether oxygens (including phenoxy) is 1. The smallest absolute Gasteiger partial charge is 0.294 e. The number of halogens is 1. The second-order valence-electron chi connectivity index (χ2n) is 7.11. The molecule has 0 aliphatic carbocycles. The average molecular weight is 416 g/mol. The second-order valence-corrected chi connectivity index (χ2v) is 7.11. The molecule has 0 spiro atoms. The maximum absolute atomic E-state index is 13.5. The van der Waals surface area contributed by atoms with Crippen molar-refractivity contribution in [1.82, 2.24) is 5.32 Å². The highest BCUT2D eigenvalue weighted by Gasteiger charge is 2.31. The zero-order chi connectivity index (χ0) is 21.6. The van der Waals surface area contributed by atoms with Gasteiger partial charge in [0.1, 0.15) is 12.4 Å². The van der Waals surface area contributed by atoms with E-state index in [1.165, 1.54) is 23.1 Å². The zero-order valence-electron chi connectivity index (χ0n) is 16.8. The molecule has 0 radical (unpaired) electrons. The molecular formula is C25H21FN2O3. The van der Waals surface area contributed by atoms with Gasteiger partial charge in [0.25, 0.3) is 5.91 Å². The van der Waals surface area contributed by atoms with Crippen molar-refractivity contribution in [3.05, 3.63) is 102 Å². The molecule has 3 aromatic rings. The normalized spacial score (nSPS) is 14.2. The molecule has 0 fully saturated rings. The minimum atomic E-state index is -0.457. The Morgan fingerprint density at radius 3 is 2.58 bits per heavy atom. The lowest BCUT2D eigenvalue weighted by Crippen LogP contribution is -2.44. The van der Waals surface area contributed by atoms with Crippen molar-refractivity contribution >= 4 is 23.6 Å². The molecule has 2 amide bonds. The Labute approximate surface area is 179 Å². The molecule has 0 saturated heterocycles. The van der Waals surface area contributed by atoms with E-state index < -0.39 is 11.7 Å². The van der Waals surface area contributed by atoms with Crippen molar-refractivity contribution < 1.29 is 18.7 Å². The summed E-state index contributed by atoms with van der Waals surface area (Å²) in [6, 6.07) is 22.7. The lowest BCUT2D eigenvalue weighted by atomic mass is 10.1. The summed E-state index contributed by atoms with van der Waals surface area (Å²) in [4.78, 5) is 27.0. The highest BCUT2D eigenvalue weighted by atomic mass is 19.1. The molecule has 3 aromatic carbocycles. The maximum atomic E-state index is 13.5. The van der Waals surface area contributed by atoms with Crippen LogP contribution >= 0.6 is 0 Å². The van der Waals surface area contributed by atoms with E-state index >= 15 is 0 Å². The van der Waals surface area contributed by atoms with E-state index in [9.17, 15) is 14.0 Å². The van der Waals surface area contributed by atoms with E-state index in [1.807, 2.05) is 30.3 Å². The number of para-hydroxylation sites is 2. The van der Waals surface area contributed by atoms with E-state index in [0.29, 0.717) is 30.0 Å². The van der Waals surface area contributed by atoms with Crippen LogP contribution in [0.3, 0.4) is 0 Å². The fourth-order valence-electron chi connectivity index (χ4n) is 3.36. The molecule has 1 aliphatic heterocycles. The first-order chi connectivity index (χ1) is 15.1. The quantitative estimate of drug-likeness (QED) is 0.619. The second kappa shape index (κ2) is 9.26. The summed E-state index contributed by atoms with van der Waals surface area (Å²) in [6.07, 6.45) is 2.17. The van der Waals surface area contributed by atoms with Crippen LogP contribution < -0.4 is 15.0 Å². The van der Waals surface area contributed by atoms with E-state index in [4.69, 9.17) is 4.74 Å². The zero-order valence-corrected chi connectivity index (χ0v) is 16.8. The third-order valence-corrected chi connectivity index (χ3v) is 4.86. The first kappa shape index (κ1) is 20.3. The third-order valence-electron chi connectivity index (χ3n) is 4.86. The first-order valence-corrected chi connectivity index (χ1v) is 9.97. The molecule has 5 nitrogen and oxygen atoms in total. The first-order valence-electron chi connectivity index (χ1n) is 9.97. The van der Waals surface area contributed by atoms with Crippen LogP contribution in [0.4, 0.5) is 10.1 Å². The van der Waals surface area contributed by atoms with E-state index in [2.05, 4.69) is 5.32 Å². The van der Waals surface area contributed by atoms with Crippen LogP contribution in [0.15, 0.2) is 84.6 Å². The molecule has 0 atom stereocenters. The molecule has 1 aliphatic rings. The number of carbonyl (C=O) groups excluding carboxylic acids is 2. The third kappa shape index (κ3) is 4.98. The van der Waals surface area contributed by atoms with Crippen LogP contribution in [0.1, 0.15) is 11.1 Å². The van der Waals surface area contributed by atoms with E-state index in [1.54, 1.807) is 36.4 Å². The number of carbonyl (C=O) groups is 2. The Kier molecular flexibility index (Phi) is 6.08. The molecule has 1 heterocycles. The number of anilines is 1. The number of hydrogen-bond acceptors (Lipinski definition) is 3. The molecule has 6 heteroatoms. The van der Waals surface area contributed by atoms with Crippen LogP contribution in [-0.2, 0) is 16.0 Å². The van der Waals surface area contributed by atoms with Gasteiger partial charge in [-0.05, 0) is 47.9 Å². The molecule has 0 unspecified atom stereocenters. The number of amides is 2. The van der Waals surface area contributed by atoms with Crippen LogP contribution in [-0.4, -0.2) is 24.9 Å². The Morgan fingerprint density at radius 1 is 1.00 bits per heavy atom. The van der Waals surface area contributed by atoms with E-state index in [0.717, 1.165) is 5.56 Å². The highest BCUT2D eigenvalue weighted by Crippen LogP contribution is 2.35. The number of nitrogens with zero attached hydrogens (tertiary/aromatic N) is 1. The van der Waals surface area contributed by atoms with Gasteiger partial charge in [0.2, 0.25) is 5.91 Å². The van der Waals surface area contributed by atoms with Crippen LogP contribution in [0.5, 0.6) is 5.75 Å². The van der Waals surface area contributed by atoms with Crippen LogP contribution in [0, 0.1) is 5.82 Å². The van der Waals surface area contributed by atoms with Gasteiger partial charge in [0, 0.05) is 6.54 Å². The Hall–Kier alpha value is -3.93. The maximum Gasteiger partial charge on any atom is 0.294 e. The van der Waals surface area contributed by atoms with Crippen molar-refractivity contribution in [2.24, 2.45) is 0 Å². The lowest BCUT2D eigenvalue weighted by Gasteiger charge is -2.30. The summed E-state index contributed by atoms with van der Waals surface area (Å²) in [5.41, 5.74) is 2.13. The molecule has 0 aromatic heterocycles. The lowest BCUT2D eigenvalue weighted by molar-refractivity contribution is -0.123. The van der Waals surface area contributed by atoms with Gasteiger partial charge in [-0.15, -0.1) is 0 Å². The predicted octanol–water partition coefficient (Wildman–Crippen LogP) is 3.95. The Morgan fingerprint density at radius 2 is 1.77 bits per heavy atom. The van der Waals surface area contributed by atoms with Gasteiger partial charge in [0.15, 0.2) is 11.5 Å². The van der Waals surface area contributed by atoms with Crippen LogP contribution in [0.2, 0.25) is 0 Å². The van der Waals surface area contributed by atoms with Crippen molar-refractivity contribution in [3.8, 4) is 5.75 Å². The molecule has 0 saturated carbocycles. The summed E-state index contributed by atoms with van der Waals surface area (Å²) in [5.74, 6) is -0.650. The molecule has 0 bridgehead atoms. The summed E-state index contributed by atoms with van der Waals surface area (Å²) < 4.78 is 19.3. The predicted molar refractivity (Wildman–Crippen MR) is 117 cm³/mol. The molecular weight excluding hydrogens is 395 g/mol. The van der Waals surface area contributed by atoms with E-state index in [-0.39, 0.29) is 18.2 Å². The molecule has 156 valence electrons. The molecule has 4 rings (SSSR count). The minimum Gasteiger partial charge on any atom is -0.449 e. The van der Waals surface area contributed by atoms with Gasteiger partial charge in [-0.1, -0.05) is 54.6 Å². The van der Waals surface area contributed by atoms with Gasteiger partial charge in [-0.25, -0.2) is 4.39 Å². The number of nitrogens with one attached hydrogen (secondary N) is 1. The number of rotatable bonds is 6. The molecule has 1 N–H and O–H groups in total.